The second-order valence-corrected chi connectivity index (χ2v) is 6.23. The van der Waals surface area contributed by atoms with E-state index in [-0.39, 0.29) is 26.9 Å². The normalized spacial score (nSPS) is 10.9. The molecule has 0 radical (unpaired) electrons. The maximum atomic E-state index is 14.6. The van der Waals surface area contributed by atoms with Gasteiger partial charge in [-0.15, -0.1) is 0 Å². The molecule has 122 valence electrons. The summed E-state index contributed by atoms with van der Waals surface area (Å²) in [6, 6.07) is 12.6. The molecule has 0 atom stereocenters. The molecule has 0 aliphatic rings. The summed E-state index contributed by atoms with van der Waals surface area (Å²) in [5, 5.41) is 0.469. The van der Waals surface area contributed by atoms with Crippen molar-refractivity contribution in [1.82, 2.24) is 0 Å². The van der Waals surface area contributed by atoms with Crippen molar-refractivity contribution in [2.75, 3.05) is 5.73 Å². The van der Waals surface area contributed by atoms with Crippen LogP contribution in [0.2, 0.25) is 10.0 Å². The van der Waals surface area contributed by atoms with Crippen molar-refractivity contribution in [3.8, 4) is 22.3 Å². The average molecular weight is 364 g/mol. The van der Waals surface area contributed by atoms with E-state index in [4.69, 9.17) is 28.9 Å². The van der Waals surface area contributed by atoms with E-state index in [1.54, 1.807) is 43.3 Å². The fourth-order valence-corrected chi connectivity index (χ4v) is 3.17. The minimum Gasteiger partial charge on any atom is -0.398 e. The van der Waals surface area contributed by atoms with Gasteiger partial charge in [0.05, 0.1) is 10.0 Å². The Morgan fingerprint density at radius 1 is 0.792 bits per heavy atom. The van der Waals surface area contributed by atoms with Gasteiger partial charge in [-0.25, -0.2) is 8.78 Å². The zero-order valence-corrected chi connectivity index (χ0v) is 14.2. The first-order chi connectivity index (χ1) is 11.4. The van der Waals surface area contributed by atoms with Gasteiger partial charge in [0, 0.05) is 27.9 Å². The number of hydrogen-bond acceptors (Lipinski definition) is 1. The van der Waals surface area contributed by atoms with E-state index >= 15 is 0 Å². The van der Waals surface area contributed by atoms with E-state index in [9.17, 15) is 8.78 Å². The Kier molecular flexibility index (Phi) is 4.48. The van der Waals surface area contributed by atoms with Crippen LogP contribution >= 0.6 is 23.2 Å². The molecule has 0 unspecified atom stereocenters. The van der Waals surface area contributed by atoms with Crippen LogP contribution < -0.4 is 5.73 Å². The fourth-order valence-electron chi connectivity index (χ4n) is 2.66. The van der Waals surface area contributed by atoms with Crippen LogP contribution in [0.1, 0.15) is 5.56 Å². The number of aryl methyl sites for hydroxylation is 1. The smallest absolute Gasteiger partial charge is 0.135 e. The van der Waals surface area contributed by atoms with Crippen LogP contribution in [0.25, 0.3) is 22.3 Å². The number of rotatable bonds is 2. The summed E-state index contributed by atoms with van der Waals surface area (Å²) in [4.78, 5) is 0. The summed E-state index contributed by atoms with van der Waals surface area (Å²) >= 11 is 12.3. The molecule has 0 saturated carbocycles. The molecule has 3 rings (SSSR count). The highest BCUT2D eigenvalue weighted by molar-refractivity contribution is 6.34. The minimum absolute atomic E-state index is 0.183. The topological polar surface area (TPSA) is 26.0 Å². The molecule has 2 N–H and O–H groups in total. The summed E-state index contributed by atoms with van der Waals surface area (Å²) < 4.78 is 28.8. The Morgan fingerprint density at radius 3 is 2.04 bits per heavy atom. The van der Waals surface area contributed by atoms with Crippen LogP contribution in [0.3, 0.4) is 0 Å². The molecule has 0 aliphatic heterocycles. The molecule has 0 aromatic heterocycles. The lowest BCUT2D eigenvalue weighted by Crippen LogP contribution is -1.99. The minimum atomic E-state index is -0.498. The summed E-state index contributed by atoms with van der Waals surface area (Å²) in [5.41, 5.74) is 8.07. The van der Waals surface area contributed by atoms with Crippen LogP contribution in [-0.4, -0.2) is 0 Å². The van der Waals surface area contributed by atoms with Crippen molar-refractivity contribution >= 4 is 28.9 Å². The molecule has 0 aliphatic carbocycles. The third kappa shape index (κ3) is 2.74. The first-order valence-electron chi connectivity index (χ1n) is 7.19. The van der Waals surface area contributed by atoms with E-state index in [0.29, 0.717) is 16.7 Å². The zero-order valence-electron chi connectivity index (χ0n) is 12.7. The Labute approximate surface area is 148 Å². The molecular weight excluding hydrogens is 351 g/mol. The number of nitrogen functional groups attached to an aromatic ring is 1. The SMILES string of the molecule is Cc1ccc(Cl)c(-c2cccc(-c3c(F)cccc3Cl)c2N)c1F. The second kappa shape index (κ2) is 6.42. The first-order valence-corrected chi connectivity index (χ1v) is 7.95. The highest BCUT2D eigenvalue weighted by Crippen LogP contribution is 2.42. The Morgan fingerprint density at radius 2 is 1.38 bits per heavy atom. The van der Waals surface area contributed by atoms with Crippen molar-refractivity contribution in [3.63, 3.8) is 0 Å². The van der Waals surface area contributed by atoms with Gasteiger partial charge in [-0.2, -0.15) is 0 Å². The molecule has 0 saturated heterocycles. The van der Waals surface area contributed by atoms with Gasteiger partial charge >= 0.3 is 0 Å². The van der Waals surface area contributed by atoms with Crippen molar-refractivity contribution in [2.45, 2.75) is 6.92 Å². The lowest BCUT2D eigenvalue weighted by Gasteiger charge is -2.15. The van der Waals surface area contributed by atoms with Crippen molar-refractivity contribution in [1.29, 1.82) is 0 Å². The van der Waals surface area contributed by atoms with E-state index in [1.165, 1.54) is 12.1 Å². The van der Waals surface area contributed by atoms with Crippen molar-refractivity contribution in [3.05, 3.63) is 75.8 Å². The maximum absolute atomic E-state index is 14.6. The highest BCUT2D eigenvalue weighted by atomic mass is 35.5. The predicted octanol–water partition coefficient (Wildman–Crippen LogP) is 6.50. The summed E-state index contributed by atoms with van der Waals surface area (Å²) in [7, 11) is 0. The molecule has 0 bridgehead atoms. The number of hydrogen-bond donors (Lipinski definition) is 1. The lowest BCUT2D eigenvalue weighted by molar-refractivity contribution is 0.622. The standard InChI is InChI=1S/C19H13Cl2F2N/c1-10-8-9-14(21)17(18(10)23)12-5-2-4-11(19(12)24)16-13(20)6-3-7-15(16)22/h2-9H,24H2,1H3. The predicted molar refractivity (Wildman–Crippen MR) is 96.4 cm³/mol. The Bertz CT molecular complexity index is 919. The quantitative estimate of drug-likeness (QED) is 0.517. The molecule has 0 amide bonds. The second-order valence-electron chi connectivity index (χ2n) is 5.42. The van der Waals surface area contributed by atoms with Crippen molar-refractivity contribution < 1.29 is 8.78 Å². The van der Waals surface area contributed by atoms with Gasteiger partial charge in [-0.05, 0) is 30.7 Å². The number of benzene rings is 3. The van der Waals surface area contributed by atoms with E-state index in [2.05, 4.69) is 0 Å². The Hall–Kier alpha value is -2.10. The van der Waals surface area contributed by atoms with Gasteiger partial charge in [0.25, 0.3) is 0 Å². The largest absolute Gasteiger partial charge is 0.398 e. The summed E-state index contributed by atoms with van der Waals surface area (Å²) in [5.74, 6) is -0.951. The Balaban J connectivity index is 2.31. The van der Waals surface area contributed by atoms with Gasteiger partial charge in [0.1, 0.15) is 11.6 Å². The van der Waals surface area contributed by atoms with Crippen LogP contribution in [0, 0.1) is 18.6 Å². The number of nitrogens with two attached hydrogens (primary N) is 1. The van der Waals surface area contributed by atoms with Gasteiger partial charge in [-0.3, -0.25) is 0 Å². The molecule has 5 heteroatoms. The number of para-hydroxylation sites is 1. The summed E-state index contributed by atoms with van der Waals surface area (Å²) in [6.07, 6.45) is 0. The maximum Gasteiger partial charge on any atom is 0.135 e. The van der Waals surface area contributed by atoms with Gasteiger partial charge < -0.3 is 5.73 Å². The van der Waals surface area contributed by atoms with Crippen LogP contribution in [0.4, 0.5) is 14.5 Å². The zero-order chi connectivity index (χ0) is 17.4. The third-order valence-corrected chi connectivity index (χ3v) is 4.52. The molecule has 24 heavy (non-hydrogen) atoms. The molecule has 0 spiro atoms. The van der Waals surface area contributed by atoms with Crippen LogP contribution in [-0.2, 0) is 0 Å². The lowest BCUT2D eigenvalue weighted by atomic mass is 9.94. The van der Waals surface area contributed by atoms with Crippen molar-refractivity contribution in [2.24, 2.45) is 0 Å². The van der Waals surface area contributed by atoms with Gasteiger partial charge in [0.15, 0.2) is 0 Å². The van der Waals surface area contributed by atoms with Crippen LogP contribution in [0.5, 0.6) is 0 Å². The summed E-state index contributed by atoms with van der Waals surface area (Å²) in [6.45, 7) is 1.64. The number of halogens is 4. The molecule has 0 fully saturated rings. The highest BCUT2D eigenvalue weighted by Gasteiger charge is 2.19. The third-order valence-electron chi connectivity index (χ3n) is 3.89. The molecule has 3 aromatic carbocycles. The van der Waals surface area contributed by atoms with E-state index < -0.39 is 11.6 Å². The van der Waals surface area contributed by atoms with E-state index in [0.717, 1.165) is 0 Å². The van der Waals surface area contributed by atoms with Crippen LogP contribution in [0.15, 0.2) is 48.5 Å². The molecule has 0 heterocycles. The first kappa shape index (κ1) is 16.7. The molecule has 3 aromatic rings. The van der Waals surface area contributed by atoms with Gasteiger partial charge in [-0.1, -0.05) is 53.5 Å². The molecular formula is C19H13Cl2F2N. The van der Waals surface area contributed by atoms with Gasteiger partial charge in [0.2, 0.25) is 0 Å². The molecule has 1 nitrogen and oxygen atoms in total. The monoisotopic (exact) mass is 363 g/mol. The average Bonchev–Trinajstić information content (AvgIpc) is 2.54. The fraction of sp³-hybridized carbons (Fsp3) is 0.0526. The number of anilines is 1. The van der Waals surface area contributed by atoms with E-state index in [1.807, 2.05) is 0 Å².